The maximum Gasteiger partial charge on any atom is 0.313 e. The van der Waals surface area contributed by atoms with Crippen molar-refractivity contribution in [3.8, 4) is 0 Å². The van der Waals surface area contributed by atoms with Crippen molar-refractivity contribution in [2.24, 2.45) is 0 Å². The first-order valence-electron chi connectivity index (χ1n) is 5.96. The molecule has 0 radical (unpaired) electrons. The molecule has 1 aromatic heterocycles. The fourth-order valence-corrected chi connectivity index (χ4v) is 3.68. The van der Waals surface area contributed by atoms with Gasteiger partial charge in [0.2, 0.25) is 5.13 Å². The molecule has 0 spiro atoms. The number of thioether (sulfide) groups is 1. The van der Waals surface area contributed by atoms with Gasteiger partial charge in [0.05, 0.1) is 17.5 Å². The monoisotopic (exact) mass is 303 g/mol. The van der Waals surface area contributed by atoms with Crippen molar-refractivity contribution in [1.82, 2.24) is 10.2 Å². The van der Waals surface area contributed by atoms with E-state index in [0.29, 0.717) is 4.34 Å². The molecule has 2 heterocycles. The average molecular weight is 303 g/mol. The second-order valence-corrected chi connectivity index (χ2v) is 7.28. The molecule has 1 fully saturated rings. The maximum atomic E-state index is 10.5. The number of carboxylic acids is 1. The van der Waals surface area contributed by atoms with Gasteiger partial charge in [0.1, 0.15) is 0 Å². The minimum Gasteiger partial charge on any atom is -0.481 e. The van der Waals surface area contributed by atoms with Crippen LogP contribution in [0.1, 0.15) is 20.8 Å². The Morgan fingerprint density at radius 1 is 1.63 bits per heavy atom. The summed E-state index contributed by atoms with van der Waals surface area (Å²) in [6, 6.07) is 0. The van der Waals surface area contributed by atoms with Gasteiger partial charge >= 0.3 is 5.97 Å². The van der Waals surface area contributed by atoms with Crippen LogP contribution in [0.2, 0.25) is 0 Å². The zero-order valence-electron chi connectivity index (χ0n) is 11.1. The predicted octanol–water partition coefficient (Wildman–Crippen LogP) is 1.72. The van der Waals surface area contributed by atoms with Crippen LogP contribution < -0.4 is 4.90 Å². The molecule has 0 bridgehead atoms. The molecule has 8 heteroatoms. The Bertz CT molecular complexity index is 464. The van der Waals surface area contributed by atoms with Crippen LogP contribution in [0.3, 0.4) is 0 Å². The quantitative estimate of drug-likeness (QED) is 0.849. The molecule has 0 amide bonds. The predicted molar refractivity (Wildman–Crippen MR) is 75.1 cm³/mol. The highest BCUT2D eigenvalue weighted by Crippen LogP contribution is 2.31. The highest BCUT2D eigenvalue weighted by molar-refractivity contribution is 8.01. The van der Waals surface area contributed by atoms with Crippen molar-refractivity contribution in [1.29, 1.82) is 0 Å². The third-order valence-corrected chi connectivity index (χ3v) is 4.66. The molecule has 1 saturated heterocycles. The van der Waals surface area contributed by atoms with Crippen LogP contribution >= 0.6 is 23.1 Å². The average Bonchev–Trinajstić information content (AvgIpc) is 2.72. The first kappa shape index (κ1) is 14.5. The van der Waals surface area contributed by atoms with E-state index in [1.807, 2.05) is 6.92 Å². The molecule has 2 rings (SSSR count). The number of nitrogens with zero attached hydrogens (tertiary/aromatic N) is 3. The second-order valence-electron chi connectivity index (χ2n) is 5.10. The molecular formula is C11H17N3O3S2. The van der Waals surface area contributed by atoms with Crippen molar-refractivity contribution in [2.75, 3.05) is 23.7 Å². The molecule has 0 aliphatic carbocycles. The molecule has 1 aromatic rings. The topological polar surface area (TPSA) is 75.6 Å². The number of anilines is 1. The lowest BCUT2D eigenvalue weighted by molar-refractivity contribution is -0.133. The summed E-state index contributed by atoms with van der Waals surface area (Å²) in [6.45, 7) is 7.68. The molecule has 1 N–H and O–H groups in total. The minimum absolute atomic E-state index is 0.0135. The third kappa shape index (κ3) is 4.05. The summed E-state index contributed by atoms with van der Waals surface area (Å²) in [5, 5.41) is 17.6. The summed E-state index contributed by atoms with van der Waals surface area (Å²) >= 11 is 2.63. The van der Waals surface area contributed by atoms with E-state index in [-0.39, 0.29) is 17.5 Å². The summed E-state index contributed by atoms with van der Waals surface area (Å²) in [6.07, 6.45) is 0.141. The van der Waals surface area contributed by atoms with Gasteiger partial charge in [-0.1, -0.05) is 23.1 Å². The van der Waals surface area contributed by atoms with Gasteiger partial charge in [-0.2, -0.15) is 0 Å². The first-order valence-corrected chi connectivity index (χ1v) is 7.77. The number of aliphatic carboxylic acids is 1. The van der Waals surface area contributed by atoms with Gasteiger partial charge in [-0.3, -0.25) is 4.79 Å². The Balaban J connectivity index is 2.03. The molecule has 19 heavy (non-hydrogen) atoms. The van der Waals surface area contributed by atoms with Crippen LogP contribution in [0.15, 0.2) is 4.34 Å². The van der Waals surface area contributed by atoms with Gasteiger partial charge in [-0.15, -0.1) is 10.2 Å². The third-order valence-electron chi connectivity index (χ3n) is 2.55. The van der Waals surface area contributed by atoms with Crippen LogP contribution in [0.25, 0.3) is 0 Å². The molecule has 1 aliphatic rings. The summed E-state index contributed by atoms with van der Waals surface area (Å²) in [4.78, 5) is 12.7. The fraction of sp³-hybridized carbons (Fsp3) is 0.727. The SMILES string of the molecule is CC1CN(c2nnc(SCC(=O)O)s2)CC(C)(C)O1. The zero-order chi connectivity index (χ0) is 14.0. The number of hydrogen-bond acceptors (Lipinski definition) is 7. The number of carboxylic acid groups (broad SMARTS) is 1. The molecule has 6 nitrogen and oxygen atoms in total. The van der Waals surface area contributed by atoms with Crippen LogP contribution in [0.4, 0.5) is 5.13 Å². The Kier molecular flexibility index (Phi) is 4.32. The van der Waals surface area contributed by atoms with E-state index in [4.69, 9.17) is 9.84 Å². The summed E-state index contributed by atoms with van der Waals surface area (Å²) in [5.74, 6) is -0.831. The Morgan fingerprint density at radius 3 is 3.00 bits per heavy atom. The number of morpholine rings is 1. The largest absolute Gasteiger partial charge is 0.481 e. The molecule has 0 aromatic carbocycles. The van der Waals surface area contributed by atoms with Crippen LogP contribution in [-0.2, 0) is 9.53 Å². The van der Waals surface area contributed by atoms with Crippen molar-refractivity contribution in [3.63, 3.8) is 0 Å². The number of rotatable bonds is 4. The van der Waals surface area contributed by atoms with Crippen molar-refractivity contribution in [2.45, 2.75) is 36.8 Å². The maximum absolute atomic E-state index is 10.5. The summed E-state index contributed by atoms with van der Waals surface area (Å²) in [7, 11) is 0. The number of ether oxygens (including phenoxy) is 1. The van der Waals surface area contributed by atoms with E-state index in [1.165, 1.54) is 23.1 Å². The van der Waals surface area contributed by atoms with E-state index < -0.39 is 5.97 Å². The normalized spacial score (nSPS) is 22.5. The lowest BCUT2D eigenvalue weighted by Crippen LogP contribution is -2.52. The lowest BCUT2D eigenvalue weighted by atomic mass is 10.1. The van der Waals surface area contributed by atoms with Gasteiger partial charge < -0.3 is 14.7 Å². The van der Waals surface area contributed by atoms with Crippen molar-refractivity contribution >= 4 is 34.2 Å². The Labute approximate surface area is 120 Å². The van der Waals surface area contributed by atoms with Gasteiger partial charge in [-0.05, 0) is 20.8 Å². The molecule has 1 atom stereocenters. The van der Waals surface area contributed by atoms with E-state index >= 15 is 0 Å². The highest BCUT2D eigenvalue weighted by Gasteiger charge is 2.32. The minimum atomic E-state index is -0.845. The fourth-order valence-electron chi connectivity index (χ4n) is 2.11. The number of hydrogen-bond donors (Lipinski definition) is 1. The van der Waals surface area contributed by atoms with Crippen LogP contribution in [0.5, 0.6) is 0 Å². The molecular weight excluding hydrogens is 286 g/mol. The standard InChI is InChI=1S/C11H17N3O3S2/c1-7-4-14(6-11(2,3)17-7)9-12-13-10(19-9)18-5-8(15)16/h7H,4-6H2,1-3H3,(H,15,16). The van der Waals surface area contributed by atoms with Gasteiger partial charge in [0.25, 0.3) is 0 Å². The van der Waals surface area contributed by atoms with Crippen LogP contribution in [0, 0.1) is 0 Å². The van der Waals surface area contributed by atoms with E-state index in [9.17, 15) is 4.79 Å². The van der Waals surface area contributed by atoms with Gasteiger partial charge in [-0.25, -0.2) is 0 Å². The first-order chi connectivity index (χ1) is 8.85. The van der Waals surface area contributed by atoms with Crippen molar-refractivity contribution < 1.29 is 14.6 Å². The molecule has 0 saturated carbocycles. The summed E-state index contributed by atoms with van der Waals surface area (Å²) in [5.41, 5.74) is -0.211. The molecule has 106 valence electrons. The van der Waals surface area contributed by atoms with Crippen LogP contribution in [-0.4, -0.2) is 51.8 Å². The Hall–Kier alpha value is -0.860. The summed E-state index contributed by atoms with van der Waals surface area (Å²) < 4.78 is 6.53. The Morgan fingerprint density at radius 2 is 2.37 bits per heavy atom. The van der Waals surface area contributed by atoms with E-state index in [1.54, 1.807) is 0 Å². The lowest BCUT2D eigenvalue weighted by Gasteiger charge is -2.41. The highest BCUT2D eigenvalue weighted by atomic mass is 32.2. The van der Waals surface area contributed by atoms with E-state index in [2.05, 4.69) is 28.9 Å². The smallest absolute Gasteiger partial charge is 0.313 e. The van der Waals surface area contributed by atoms with E-state index in [0.717, 1.165) is 18.2 Å². The second kappa shape index (κ2) is 5.64. The number of aromatic nitrogens is 2. The molecule has 1 aliphatic heterocycles. The zero-order valence-corrected chi connectivity index (χ0v) is 12.8. The van der Waals surface area contributed by atoms with Crippen molar-refractivity contribution in [3.05, 3.63) is 0 Å². The van der Waals surface area contributed by atoms with Gasteiger partial charge in [0.15, 0.2) is 4.34 Å². The number of carbonyl (C=O) groups is 1. The molecule has 1 unspecified atom stereocenters. The van der Waals surface area contributed by atoms with Gasteiger partial charge in [0, 0.05) is 13.1 Å².